The molecule has 0 radical (unpaired) electrons. The zero-order valence-corrected chi connectivity index (χ0v) is 23.6. The number of thioether (sulfide) groups is 1. The van der Waals surface area contributed by atoms with Gasteiger partial charge in [0.15, 0.2) is 9.76 Å². The van der Waals surface area contributed by atoms with Gasteiger partial charge in [0.25, 0.3) is 0 Å². The van der Waals surface area contributed by atoms with Crippen LogP contribution in [0.1, 0.15) is 77.2 Å². The molecule has 1 N–H and O–H groups in total. The Morgan fingerprint density at radius 2 is 1.72 bits per heavy atom. The Balaban J connectivity index is 1.97. The third-order valence-corrected chi connectivity index (χ3v) is 9.04. The van der Waals surface area contributed by atoms with Crippen LogP contribution in [0.3, 0.4) is 0 Å². The fraction of sp³-hybridized carbons (Fsp3) is 0.538. The summed E-state index contributed by atoms with van der Waals surface area (Å²) in [5.74, 6) is 0. The third kappa shape index (κ3) is 7.78. The van der Waals surface area contributed by atoms with Gasteiger partial charge >= 0.3 is 0 Å². The van der Waals surface area contributed by atoms with Crippen molar-refractivity contribution in [1.29, 1.82) is 0 Å². The molecule has 32 heavy (non-hydrogen) atoms. The van der Waals surface area contributed by atoms with Crippen LogP contribution in [0.15, 0.2) is 48.5 Å². The molecule has 2 aromatic carbocycles. The maximum atomic E-state index is 6.80. The predicted octanol–water partition coefficient (Wildman–Crippen LogP) is 7.75. The van der Waals surface area contributed by atoms with E-state index in [0.717, 1.165) is 15.6 Å². The zero-order chi connectivity index (χ0) is 23.3. The van der Waals surface area contributed by atoms with Crippen LogP contribution in [0.2, 0.25) is 15.1 Å². The van der Waals surface area contributed by atoms with Crippen molar-refractivity contribution in [2.24, 2.45) is 0 Å². The molecule has 0 unspecified atom stereocenters. The molecule has 1 saturated carbocycles. The van der Waals surface area contributed by atoms with Crippen molar-refractivity contribution in [2.45, 2.75) is 87.6 Å². The van der Waals surface area contributed by atoms with Gasteiger partial charge in [-0.05, 0) is 58.5 Å². The molecule has 0 amide bonds. The van der Waals surface area contributed by atoms with Crippen LogP contribution in [0.4, 0.5) is 0 Å². The first-order valence-corrected chi connectivity index (χ1v) is 14.6. The van der Waals surface area contributed by atoms with Gasteiger partial charge in [-0.3, -0.25) is 0 Å². The Bertz CT molecular complexity index is 856. The molecular formula is C26H37Cl2NOSSi. The monoisotopic (exact) mass is 509 g/mol. The van der Waals surface area contributed by atoms with Crippen LogP contribution < -0.4 is 5.32 Å². The summed E-state index contributed by atoms with van der Waals surface area (Å²) >= 11 is 14.8. The van der Waals surface area contributed by atoms with Crippen LogP contribution in [0.25, 0.3) is 0 Å². The summed E-state index contributed by atoms with van der Waals surface area (Å²) in [6.07, 6.45) is 3.65. The van der Waals surface area contributed by atoms with Crippen molar-refractivity contribution >= 4 is 44.7 Å². The molecule has 1 fully saturated rings. The summed E-state index contributed by atoms with van der Waals surface area (Å²) in [5, 5.41) is 7.01. The van der Waals surface area contributed by atoms with Crippen LogP contribution >= 0.6 is 35.0 Å². The molecule has 2 nitrogen and oxygen atoms in total. The first-order chi connectivity index (χ1) is 15.1. The van der Waals surface area contributed by atoms with Crippen LogP contribution in [0.5, 0.6) is 0 Å². The largest absolute Gasteiger partial charge is 0.415 e. The van der Waals surface area contributed by atoms with Gasteiger partial charge in [0.2, 0.25) is 0 Å². The Hall–Kier alpha value is -0.493. The second-order valence-corrected chi connectivity index (χ2v) is 15.7. The lowest BCUT2D eigenvalue weighted by molar-refractivity contribution is 0.148. The summed E-state index contributed by atoms with van der Waals surface area (Å²) in [4.78, 5) is 0. The minimum Gasteiger partial charge on any atom is -0.415 e. The first kappa shape index (κ1) is 26.1. The van der Waals surface area contributed by atoms with Gasteiger partial charge < -0.3 is 9.74 Å². The van der Waals surface area contributed by atoms with Gasteiger partial charge in [-0.15, -0.1) is 0 Å². The van der Waals surface area contributed by atoms with E-state index in [9.17, 15) is 0 Å². The topological polar surface area (TPSA) is 21.3 Å². The molecule has 2 aromatic rings. The van der Waals surface area contributed by atoms with Gasteiger partial charge in [0.05, 0.1) is 12.1 Å². The molecule has 0 aliphatic heterocycles. The number of nitrogens with one attached hydrogen (secondary N) is 1. The number of halogens is 2. The van der Waals surface area contributed by atoms with E-state index in [-0.39, 0.29) is 17.2 Å². The molecule has 0 aromatic heterocycles. The number of hydrogen-bond donors (Lipinski definition) is 1. The average molecular weight is 511 g/mol. The fourth-order valence-electron chi connectivity index (χ4n) is 4.30. The quantitative estimate of drug-likeness (QED) is 0.349. The van der Waals surface area contributed by atoms with Gasteiger partial charge in [-0.1, -0.05) is 88.5 Å². The van der Waals surface area contributed by atoms with Crippen molar-refractivity contribution in [2.75, 3.05) is 0 Å². The lowest BCUT2D eigenvalue weighted by Crippen LogP contribution is -2.41. The summed E-state index contributed by atoms with van der Waals surface area (Å²) in [6.45, 7) is 11.4. The maximum absolute atomic E-state index is 6.80. The highest BCUT2D eigenvalue weighted by atomic mass is 35.5. The van der Waals surface area contributed by atoms with Crippen molar-refractivity contribution < 1.29 is 4.43 Å². The molecule has 6 heteroatoms. The minimum atomic E-state index is -0.786. The highest BCUT2D eigenvalue weighted by Crippen LogP contribution is 2.39. The SMILES string of the molecule is CC(C)S[C@@H]1CCC[C@H]1N[C@H](c1ccc(Cl)cc1)[C@H](O[SiH2]C(C)(C)C)c1cccc(Cl)c1. The molecule has 1 aliphatic carbocycles. The number of hydrogen-bond acceptors (Lipinski definition) is 3. The maximum Gasteiger partial charge on any atom is 0.167 e. The second-order valence-electron chi connectivity index (χ2n) is 10.3. The first-order valence-electron chi connectivity index (χ1n) is 11.7. The minimum absolute atomic E-state index is 0.0407. The van der Waals surface area contributed by atoms with Crippen LogP contribution in [-0.2, 0) is 4.43 Å². The Labute approximate surface area is 211 Å². The lowest BCUT2D eigenvalue weighted by atomic mass is 9.94. The molecular weight excluding hydrogens is 473 g/mol. The van der Waals surface area contributed by atoms with E-state index in [1.165, 1.54) is 24.8 Å². The molecule has 1 aliphatic rings. The molecule has 3 rings (SSSR count). The molecule has 0 heterocycles. The lowest BCUT2D eigenvalue weighted by Gasteiger charge is -2.35. The molecule has 0 spiro atoms. The van der Waals surface area contributed by atoms with Gasteiger partial charge in [0.1, 0.15) is 0 Å². The van der Waals surface area contributed by atoms with E-state index in [1.807, 2.05) is 24.3 Å². The van der Waals surface area contributed by atoms with Crippen molar-refractivity contribution in [3.8, 4) is 0 Å². The third-order valence-electron chi connectivity index (χ3n) is 5.70. The number of rotatable bonds is 9. The summed E-state index contributed by atoms with van der Waals surface area (Å²) in [5.41, 5.74) is 2.34. The van der Waals surface area contributed by atoms with Crippen molar-refractivity contribution in [3.63, 3.8) is 0 Å². The van der Waals surface area contributed by atoms with E-state index in [1.54, 1.807) is 0 Å². The van der Waals surface area contributed by atoms with E-state index < -0.39 is 9.76 Å². The molecule has 0 bridgehead atoms. The smallest absolute Gasteiger partial charge is 0.167 e. The van der Waals surface area contributed by atoms with E-state index >= 15 is 0 Å². The molecule has 4 atom stereocenters. The zero-order valence-electron chi connectivity index (χ0n) is 19.9. The Morgan fingerprint density at radius 1 is 1.00 bits per heavy atom. The summed E-state index contributed by atoms with van der Waals surface area (Å²) in [7, 11) is -0.786. The number of benzene rings is 2. The Kier molecular flexibility index (Phi) is 9.61. The van der Waals surface area contributed by atoms with Crippen molar-refractivity contribution in [1.82, 2.24) is 5.32 Å². The fourth-order valence-corrected chi connectivity index (χ4v) is 7.09. The van der Waals surface area contributed by atoms with E-state index in [2.05, 4.69) is 76.0 Å². The van der Waals surface area contributed by atoms with E-state index in [0.29, 0.717) is 16.5 Å². The standard InChI is InChI=1S/C26H37Cl2NOSSi/c1-17(2)31-23-11-7-10-22(23)29-24(18-12-14-20(27)15-13-18)25(30-32-26(3,4)5)19-8-6-9-21(28)16-19/h6,8-9,12-17,22-25,29H,7,10-11,32H2,1-5H3/t22-,23-,24-,25-/m1/s1. The second kappa shape index (κ2) is 11.8. The van der Waals surface area contributed by atoms with Gasteiger partial charge in [0, 0.05) is 21.3 Å². The predicted molar refractivity (Wildman–Crippen MR) is 145 cm³/mol. The van der Waals surface area contributed by atoms with Crippen molar-refractivity contribution in [3.05, 3.63) is 69.7 Å². The molecule has 176 valence electrons. The normalized spacial score (nSPS) is 21.5. The average Bonchev–Trinajstić information content (AvgIpc) is 3.13. The van der Waals surface area contributed by atoms with Gasteiger partial charge in [-0.2, -0.15) is 11.8 Å². The Morgan fingerprint density at radius 3 is 2.34 bits per heavy atom. The van der Waals surface area contributed by atoms with Crippen LogP contribution in [-0.4, -0.2) is 26.3 Å². The highest BCUT2D eigenvalue weighted by Gasteiger charge is 2.34. The van der Waals surface area contributed by atoms with Gasteiger partial charge in [-0.25, -0.2) is 0 Å². The van der Waals surface area contributed by atoms with E-state index in [4.69, 9.17) is 27.6 Å². The molecule has 0 saturated heterocycles. The summed E-state index contributed by atoms with van der Waals surface area (Å²) < 4.78 is 6.80. The highest BCUT2D eigenvalue weighted by molar-refractivity contribution is 8.00. The van der Waals surface area contributed by atoms with Crippen LogP contribution in [0, 0.1) is 0 Å². The summed E-state index contributed by atoms with van der Waals surface area (Å²) in [6, 6.07) is 16.9.